The number of aromatic amines is 1. The van der Waals surface area contributed by atoms with Crippen molar-refractivity contribution in [1.29, 1.82) is 0 Å². The molecule has 0 radical (unpaired) electrons. The van der Waals surface area contributed by atoms with Crippen LogP contribution in [-0.2, 0) is 22.5 Å². The van der Waals surface area contributed by atoms with Crippen LogP contribution < -0.4 is 5.56 Å². The maximum Gasteiger partial charge on any atom is 0.277 e. The summed E-state index contributed by atoms with van der Waals surface area (Å²) in [5.41, 5.74) is 3.27. The number of nitrogens with one attached hydrogen (secondary N) is 1. The van der Waals surface area contributed by atoms with Crippen molar-refractivity contribution in [3.63, 3.8) is 0 Å². The number of ether oxygens (including phenoxy) is 1. The van der Waals surface area contributed by atoms with E-state index in [4.69, 9.17) is 9.72 Å². The van der Waals surface area contributed by atoms with Crippen LogP contribution in [-0.4, -0.2) is 63.2 Å². The van der Waals surface area contributed by atoms with Gasteiger partial charge in [-0.3, -0.25) is 19.6 Å². The Morgan fingerprint density at radius 2 is 2.10 bits per heavy atom. The highest BCUT2D eigenvalue weighted by Crippen LogP contribution is 2.33. The molecule has 8 nitrogen and oxygen atoms in total. The average Bonchev–Trinajstić information content (AvgIpc) is 3.35. The Hall–Kier alpha value is -2.19. The van der Waals surface area contributed by atoms with E-state index < -0.39 is 0 Å². The van der Waals surface area contributed by atoms with E-state index in [9.17, 15) is 9.59 Å². The van der Waals surface area contributed by atoms with Crippen LogP contribution in [0.1, 0.15) is 61.5 Å². The summed E-state index contributed by atoms with van der Waals surface area (Å²) in [4.78, 5) is 35.1. The summed E-state index contributed by atoms with van der Waals surface area (Å²) < 4.78 is 7.19. The van der Waals surface area contributed by atoms with Crippen LogP contribution in [0, 0.1) is 11.8 Å². The molecule has 31 heavy (non-hydrogen) atoms. The summed E-state index contributed by atoms with van der Waals surface area (Å²) in [5.74, 6) is 0.991. The summed E-state index contributed by atoms with van der Waals surface area (Å²) in [6.07, 6.45) is 7.30. The number of hydrogen-bond donors (Lipinski definition) is 1. The van der Waals surface area contributed by atoms with Crippen molar-refractivity contribution in [2.45, 2.75) is 57.5 Å². The SMILES string of the molecule is O=C(C1CC1)N1CCc2nc3cc(C4CCCCN4CC4CCOC4)[nH]n3c(=O)c2C1. The van der Waals surface area contributed by atoms with Crippen LogP contribution in [0.3, 0.4) is 0 Å². The van der Waals surface area contributed by atoms with Crippen LogP contribution in [0.5, 0.6) is 0 Å². The maximum atomic E-state index is 13.3. The van der Waals surface area contributed by atoms with Crippen molar-refractivity contribution in [2.75, 3.05) is 32.8 Å². The number of hydrogen-bond acceptors (Lipinski definition) is 5. The highest BCUT2D eigenvalue weighted by Gasteiger charge is 2.36. The van der Waals surface area contributed by atoms with E-state index in [1.807, 2.05) is 4.90 Å². The second-order valence-electron chi connectivity index (χ2n) is 9.77. The van der Waals surface area contributed by atoms with Gasteiger partial charge in [-0.1, -0.05) is 6.42 Å². The molecule has 0 spiro atoms. The molecule has 1 amide bonds. The second kappa shape index (κ2) is 7.74. The topological polar surface area (TPSA) is 82.9 Å². The molecular formula is C23H31N5O3. The lowest BCUT2D eigenvalue weighted by Gasteiger charge is -2.36. The van der Waals surface area contributed by atoms with Gasteiger partial charge in [-0.05, 0) is 44.6 Å². The van der Waals surface area contributed by atoms with E-state index in [-0.39, 0.29) is 17.4 Å². The average molecular weight is 426 g/mol. The number of fused-ring (bicyclic) bond motifs is 2. The number of amides is 1. The number of carbonyl (C=O) groups is 1. The molecule has 2 atom stereocenters. The van der Waals surface area contributed by atoms with Crippen LogP contribution in [0.15, 0.2) is 10.9 Å². The summed E-state index contributed by atoms with van der Waals surface area (Å²) in [5, 5.41) is 3.38. The molecule has 4 aliphatic rings. The van der Waals surface area contributed by atoms with Crippen molar-refractivity contribution in [3.05, 3.63) is 33.4 Å². The maximum absolute atomic E-state index is 13.3. The molecule has 0 bridgehead atoms. The number of aromatic nitrogens is 3. The molecule has 3 aliphatic heterocycles. The van der Waals surface area contributed by atoms with Crippen molar-refractivity contribution in [1.82, 2.24) is 24.4 Å². The van der Waals surface area contributed by atoms with Crippen molar-refractivity contribution >= 4 is 11.6 Å². The smallest absolute Gasteiger partial charge is 0.277 e. The molecule has 1 N–H and O–H groups in total. The number of rotatable bonds is 4. The third-order valence-electron chi connectivity index (χ3n) is 7.51. The Balaban J connectivity index is 1.29. The first-order chi connectivity index (χ1) is 15.2. The minimum Gasteiger partial charge on any atom is -0.381 e. The second-order valence-corrected chi connectivity index (χ2v) is 9.77. The zero-order chi connectivity index (χ0) is 20.9. The standard InChI is InChI=1S/C23H31N5O3/c29-22(16-4-5-16)27-9-6-18-17(13-27)23(30)28-21(24-18)11-19(25-28)20-3-1-2-8-26(20)12-15-7-10-31-14-15/h11,15-16,20,25H,1-10,12-14H2. The van der Waals surface area contributed by atoms with Gasteiger partial charge in [0.2, 0.25) is 5.91 Å². The molecule has 1 saturated carbocycles. The van der Waals surface area contributed by atoms with Gasteiger partial charge in [0, 0.05) is 38.1 Å². The van der Waals surface area contributed by atoms with Gasteiger partial charge in [-0.25, -0.2) is 9.50 Å². The van der Waals surface area contributed by atoms with Crippen LogP contribution in [0.4, 0.5) is 0 Å². The van der Waals surface area contributed by atoms with E-state index >= 15 is 0 Å². The molecule has 166 valence electrons. The van der Waals surface area contributed by atoms with Crippen molar-refractivity contribution in [2.24, 2.45) is 11.8 Å². The third kappa shape index (κ3) is 3.59. The molecule has 5 heterocycles. The molecule has 2 unspecified atom stereocenters. The lowest BCUT2D eigenvalue weighted by atomic mass is 9.97. The first-order valence-corrected chi connectivity index (χ1v) is 11.9. The molecule has 2 aromatic heterocycles. The summed E-state index contributed by atoms with van der Waals surface area (Å²) >= 11 is 0. The van der Waals surface area contributed by atoms with E-state index in [2.05, 4.69) is 16.1 Å². The molecule has 6 rings (SSSR count). The summed E-state index contributed by atoms with van der Waals surface area (Å²) in [6.45, 7) is 4.94. The molecule has 2 aromatic rings. The Bertz CT molecular complexity index is 1050. The Morgan fingerprint density at radius 3 is 2.90 bits per heavy atom. The van der Waals surface area contributed by atoms with Gasteiger partial charge in [0.05, 0.1) is 36.1 Å². The van der Waals surface area contributed by atoms with Crippen molar-refractivity contribution < 1.29 is 9.53 Å². The summed E-state index contributed by atoms with van der Waals surface area (Å²) in [7, 11) is 0. The zero-order valence-electron chi connectivity index (χ0n) is 18.0. The number of H-pyrrole nitrogens is 1. The lowest BCUT2D eigenvalue weighted by molar-refractivity contribution is -0.133. The van der Waals surface area contributed by atoms with E-state index in [1.54, 1.807) is 4.52 Å². The van der Waals surface area contributed by atoms with Gasteiger partial charge < -0.3 is 9.64 Å². The first kappa shape index (κ1) is 19.5. The normalized spacial score (nSPS) is 27.0. The van der Waals surface area contributed by atoms with Crippen LogP contribution in [0.25, 0.3) is 5.65 Å². The monoisotopic (exact) mass is 425 g/mol. The van der Waals surface area contributed by atoms with Crippen molar-refractivity contribution in [3.8, 4) is 0 Å². The fourth-order valence-corrected chi connectivity index (χ4v) is 5.57. The van der Waals surface area contributed by atoms with Gasteiger partial charge >= 0.3 is 0 Å². The minimum atomic E-state index is -0.0499. The zero-order valence-corrected chi connectivity index (χ0v) is 18.0. The quantitative estimate of drug-likeness (QED) is 0.809. The molecule has 1 aliphatic carbocycles. The van der Waals surface area contributed by atoms with Crippen LogP contribution in [0.2, 0.25) is 0 Å². The number of nitrogens with zero attached hydrogens (tertiary/aromatic N) is 4. The van der Waals surface area contributed by atoms with E-state index in [0.717, 1.165) is 63.4 Å². The fraction of sp³-hybridized carbons (Fsp3) is 0.696. The molecule has 0 aromatic carbocycles. The minimum absolute atomic E-state index is 0.0499. The predicted octanol–water partition coefficient (Wildman–Crippen LogP) is 1.88. The van der Waals surface area contributed by atoms with Gasteiger partial charge in [-0.15, -0.1) is 0 Å². The highest BCUT2D eigenvalue weighted by molar-refractivity contribution is 5.81. The molecular weight excluding hydrogens is 394 g/mol. The largest absolute Gasteiger partial charge is 0.381 e. The first-order valence-electron chi connectivity index (χ1n) is 11.9. The lowest BCUT2D eigenvalue weighted by Crippen LogP contribution is -2.41. The molecule has 8 heteroatoms. The van der Waals surface area contributed by atoms with Gasteiger partial charge in [0.25, 0.3) is 5.56 Å². The third-order valence-corrected chi connectivity index (χ3v) is 7.51. The van der Waals surface area contributed by atoms with E-state index in [1.165, 1.54) is 12.8 Å². The Kier molecular flexibility index (Phi) is 4.87. The van der Waals surface area contributed by atoms with E-state index in [0.29, 0.717) is 42.7 Å². The highest BCUT2D eigenvalue weighted by atomic mass is 16.5. The predicted molar refractivity (Wildman–Crippen MR) is 115 cm³/mol. The van der Waals surface area contributed by atoms with Gasteiger partial charge in [0.1, 0.15) is 0 Å². The van der Waals surface area contributed by atoms with Gasteiger partial charge in [-0.2, -0.15) is 0 Å². The number of piperidine rings is 1. The number of likely N-dealkylation sites (tertiary alicyclic amines) is 1. The van der Waals surface area contributed by atoms with Crippen LogP contribution >= 0.6 is 0 Å². The van der Waals surface area contributed by atoms with Gasteiger partial charge in [0.15, 0.2) is 5.65 Å². The number of carbonyl (C=O) groups excluding carboxylic acids is 1. The molecule has 3 fully saturated rings. The Labute approximate surface area is 181 Å². The summed E-state index contributed by atoms with van der Waals surface area (Å²) in [6, 6.07) is 2.36. The fourth-order valence-electron chi connectivity index (χ4n) is 5.57. The molecule has 2 saturated heterocycles. The Morgan fingerprint density at radius 1 is 1.19 bits per heavy atom.